The van der Waals surface area contributed by atoms with Gasteiger partial charge in [-0.05, 0) is 28.1 Å². The Labute approximate surface area is 81.3 Å². The van der Waals surface area contributed by atoms with E-state index in [-0.39, 0.29) is 32.0 Å². The van der Waals surface area contributed by atoms with E-state index in [1.165, 1.54) is 0 Å². The van der Waals surface area contributed by atoms with E-state index < -0.39 is 0 Å². The van der Waals surface area contributed by atoms with Crippen molar-refractivity contribution in [2.75, 3.05) is 0 Å². The Morgan fingerprint density at radius 3 is 2.11 bits per heavy atom. The average Bonchev–Trinajstić information content (AvgIpc) is 1.77. The quantitative estimate of drug-likeness (QED) is 0.679. The number of rotatable bonds is 0. The Balaban J connectivity index is 0.000000640. The minimum Gasteiger partial charge on any atom is -0.507 e. The molecule has 0 amide bonds. The van der Waals surface area contributed by atoms with Gasteiger partial charge in [0, 0.05) is 26.2 Å². The number of aromatic hydroxyl groups is 1. The maximum atomic E-state index is 8.87. The Hall–Kier alpha value is 0.383. The van der Waals surface area contributed by atoms with Crippen LogP contribution in [0.25, 0.3) is 0 Å². The first-order valence-corrected chi connectivity index (χ1v) is 3.03. The molecule has 9 heavy (non-hydrogen) atoms. The van der Waals surface area contributed by atoms with Crippen molar-refractivity contribution < 1.29 is 5.11 Å². The summed E-state index contributed by atoms with van der Waals surface area (Å²) in [7, 11) is 0. The predicted molar refractivity (Wildman–Crippen MR) is 41.6 cm³/mol. The van der Waals surface area contributed by atoms with Crippen molar-refractivity contribution in [3.05, 3.63) is 28.7 Å². The summed E-state index contributed by atoms with van der Waals surface area (Å²) >= 11 is 3.15. The standard InChI is InChI=1S/C6H5BrO.Bi/c7-5-3-1-2-4-6(5)8;/h1-4,8H;. The molecule has 0 spiro atoms. The van der Waals surface area contributed by atoms with Crippen LogP contribution in [0.5, 0.6) is 5.75 Å². The van der Waals surface area contributed by atoms with Crippen LogP contribution >= 0.6 is 15.9 Å². The van der Waals surface area contributed by atoms with Gasteiger partial charge in [-0.15, -0.1) is 0 Å². The zero-order chi connectivity index (χ0) is 5.98. The van der Waals surface area contributed by atoms with E-state index in [1.807, 2.05) is 6.07 Å². The Morgan fingerprint density at radius 1 is 1.22 bits per heavy atom. The molecule has 0 aliphatic rings. The van der Waals surface area contributed by atoms with Gasteiger partial charge in [0.1, 0.15) is 5.75 Å². The summed E-state index contributed by atoms with van der Waals surface area (Å²) in [5.74, 6) is 0.285. The molecule has 0 bridgehead atoms. The average molecular weight is 382 g/mol. The number of benzene rings is 1. The van der Waals surface area contributed by atoms with Gasteiger partial charge < -0.3 is 5.11 Å². The molecule has 0 saturated carbocycles. The predicted octanol–water partition coefficient (Wildman–Crippen LogP) is 1.77. The fourth-order valence-electron chi connectivity index (χ4n) is 0.452. The number of halogens is 1. The van der Waals surface area contributed by atoms with Gasteiger partial charge in [-0.25, -0.2) is 0 Å². The maximum absolute atomic E-state index is 8.87. The van der Waals surface area contributed by atoms with E-state index in [9.17, 15) is 0 Å². The van der Waals surface area contributed by atoms with Crippen LogP contribution < -0.4 is 0 Å². The third-order valence-electron chi connectivity index (χ3n) is 0.852. The smallest absolute Gasteiger partial charge is 0.129 e. The summed E-state index contributed by atoms with van der Waals surface area (Å²) in [6, 6.07) is 7.04. The number of hydrogen-bond donors (Lipinski definition) is 1. The summed E-state index contributed by atoms with van der Waals surface area (Å²) in [6.07, 6.45) is 0. The van der Waals surface area contributed by atoms with Crippen molar-refractivity contribution in [3.8, 4) is 5.75 Å². The minimum atomic E-state index is 0. The molecule has 0 aliphatic carbocycles. The molecular formula is C6H5BiBrO. The molecule has 3 heteroatoms. The van der Waals surface area contributed by atoms with E-state index in [4.69, 9.17) is 5.11 Å². The summed E-state index contributed by atoms with van der Waals surface area (Å²) in [5, 5.41) is 8.87. The monoisotopic (exact) mass is 381 g/mol. The second kappa shape index (κ2) is 4.24. The molecule has 1 rings (SSSR count). The van der Waals surface area contributed by atoms with Gasteiger partial charge in [0.2, 0.25) is 0 Å². The number of phenols is 1. The fraction of sp³-hybridized carbons (Fsp3) is 0. The summed E-state index contributed by atoms with van der Waals surface area (Å²) in [5.41, 5.74) is 0. The van der Waals surface area contributed by atoms with E-state index in [1.54, 1.807) is 18.2 Å². The fourth-order valence-corrected chi connectivity index (χ4v) is 0.737. The van der Waals surface area contributed by atoms with Gasteiger partial charge in [0.25, 0.3) is 0 Å². The summed E-state index contributed by atoms with van der Waals surface area (Å²) in [6.45, 7) is 0. The molecule has 0 aromatic heterocycles. The van der Waals surface area contributed by atoms with Gasteiger partial charge >= 0.3 is 0 Å². The third kappa shape index (κ3) is 2.64. The Morgan fingerprint density at radius 2 is 1.78 bits per heavy atom. The normalized spacial score (nSPS) is 8.11. The van der Waals surface area contributed by atoms with E-state index in [0.717, 1.165) is 4.47 Å². The van der Waals surface area contributed by atoms with Crippen LogP contribution in [-0.4, -0.2) is 31.3 Å². The zero-order valence-electron chi connectivity index (χ0n) is 4.58. The van der Waals surface area contributed by atoms with Crippen LogP contribution in [0, 0.1) is 0 Å². The summed E-state index contributed by atoms with van der Waals surface area (Å²) in [4.78, 5) is 0. The largest absolute Gasteiger partial charge is 0.507 e. The van der Waals surface area contributed by atoms with Gasteiger partial charge in [-0.3, -0.25) is 0 Å². The van der Waals surface area contributed by atoms with Crippen LogP contribution in [0.4, 0.5) is 0 Å². The molecule has 3 radical (unpaired) electrons. The van der Waals surface area contributed by atoms with Crippen LogP contribution in [-0.2, 0) is 0 Å². The topological polar surface area (TPSA) is 20.2 Å². The number of para-hydroxylation sites is 1. The SMILES string of the molecule is Oc1ccccc1Br.[Bi]. The molecule has 0 fully saturated rings. The Kier molecular flexibility index (Phi) is 4.42. The second-order valence-corrected chi connectivity index (χ2v) is 2.31. The molecule has 1 aromatic carbocycles. The van der Waals surface area contributed by atoms with Gasteiger partial charge in [0.15, 0.2) is 0 Å². The molecule has 0 saturated heterocycles. The molecule has 1 nitrogen and oxygen atoms in total. The molecular weight excluding hydrogens is 377 g/mol. The van der Waals surface area contributed by atoms with Crippen LogP contribution in [0.1, 0.15) is 0 Å². The molecule has 0 heterocycles. The second-order valence-electron chi connectivity index (χ2n) is 1.45. The first-order chi connectivity index (χ1) is 3.80. The minimum absolute atomic E-state index is 0. The van der Waals surface area contributed by atoms with Crippen molar-refractivity contribution in [1.29, 1.82) is 0 Å². The number of hydrogen-bond acceptors (Lipinski definition) is 1. The summed E-state index contributed by atoms with van der Waals surface area (Å²) < 4.78 is 0.736. The van der Waals surface area contributed by atoms with E-state index in [0.29, 0.717) is 0 Å². The molecule has 0 aliphatic heterocycles. The van der Waals surface area contributed by atoms with Crippen molar-refractivity contribution in [2.24, 2.45) is 0 Å². The van der Waals surface area contributed by atoms with Crippen LogP contribution in [0.2, 0.25) is 0 Å². The first kappa shape index (κ1) is 9.38. The molecule has 0 unspecified atom stereocenters. The molecule has 1 aromatic rings. The zero-order valence-corrected chi connectivity index (χ0v) is 9.64. The first-order valence-electron chi connectivity index (χ1n) is 2.24. The molecule has 1 N–H and O–H groups in total. The Bertz CT molecular complexity index is 169. The van der Waals surface area contributed by atoms with E-state index in [2.05, 4.69) is 15.9 Å². The van der Waals surface area contributed by atoms with Crippen molar-refractivity contribution in [3.63, 3.8) is 0 Å². The molecule has 0 atom stereocenters. The van der Waals surface area contributed by atoms with E-state index >= 15 is 0 Å². The maximum Gasteiger partial charge on any atom is 0.129 e. The van der Waals surface area contributed by atoms with Crippen LogP contribution in [0.15, 0.2) is 28.7 Å². The van der Waals surface area contributed by atoms with Gasteiger partial charge in [-0.2, -0.15) is 0 Å². The van der Waals surface area contributed by atoms with Crippen molar-refractivity contribution >= 4 is 42.1 Å². The van der Waals surface area contributed by atoms with Crippen molar-refractivity contribution in [2.45, 2.75) is 0 Å². The number of phenolic OH excluding ortho intramolecular Hbond substituents is 1. The van der Waals surface area contributed by atoms with Crippen LogP contribution in [0.3, 0.4) is 0 Å². The van der Waals surface area contributed by atoms with Gasteiger partial charge in [-0.1, -0.05) is 12.1 Å². The third-order valence-corrected chi connectivity index (χ3v) is 1.52. The molecule has 47 valence electrons. The van der Waals surface area contributed by atoms with Gasteiger partial charge in [0.05, 0.1) is 4.47 Å². The van der Waals surface area contributed by atoms with Crippen molar-refractivity contribution in [1.82, 2.24) is 0 Å².